The molecule has 1 aromatic carbocycles. The zero-order chi connectivity index (χ0) is 13.5. The first kappa shape index (κ1) is 14.9. The number of halogens is 2. The number of hydrogen-bond acceptors (Lipinski definition) is 3. The zero-order valence-corrected chi connectivity index (χ0v) is 11.1. The van der Waals surface area contributed by atoms with Gasteiger partial charge < -0.3 is 15.0 Å². The lowest BCUT2D eigenvalue weighted by Gasteiger charge is -2.20. The van der Waals surface area contributed by atoms with Crippen molar-refractivity contribution in [1.29, 1.82) is 0 Å². The Morgan fingerprint density at radius 2 is 1.89 bits per heavy atom. The Labute approximate surface area is 107 Å². The lowest BCUT2D eigenvalue weighted by Crippen LogP contribution is -2.24. The van der Waals surface area contributed by atoms with Crippen LogP contribution in [0.4, 0.5) is 14.5 Å². The van der Waals surface area contributed by atoms with Crippen LogP contribution in [0.15, 0.2) is 12.1 Å². The number of benzene rings is 1. The van der Waals surface area contributed by atoms with Gasteiger partial charge in [0.25, 0.3) is 0 Å². The van der Waals surface area contributed by atoms with Gasteiger partial charge in [0, 0.05) is 27.2 Å². The molecule has 0 spiro atoms. The Morgan fingerprint density at radius 1 is 1.28 bits per heavy atom. The van der Waals surface area contributed by atoms with Crippen molar-refractivity contribution in [2.75, 3.05) is 38.8 Å². The van der Waals surface area contributed by atoms with Gasteiger partial charge in [-0.3, -0.25) is 0 Å². The van der Waals surface area contributed by atoms with Gasteiger partial charge in [-0.05, 0) is 24.2 Å². The first-order chi connectivity index (χ1) is 8.60. The van der Waals surface area contributed by atoms with E-state index >= 15 is 0 Å². The topological polar surface area (TPSA) is 24.5 Å². The first-order valence-electron chi connectivity index (χ1n) is 5.98. The Bertz CT molecular complexity index is 362. The van der Waals surface area contributed by atoms with Crippen LogP contribution < -0.4 is 10.2 Å². The summed E-state index contributed by atoms with van der Waals surface area (Å²) in [4.78, 5) is 1.52. The van der Waals surface area contributed by atoms with Gasteiger partial charge >= 0.3 is 0 Å². The van der Waals surface area contributed by atoms with Crippen molar-refractivity contribution in [1.82, 2.24) is 5.32 Å². The molecule has 1 rings (SSSR count). The standard InChI is InChI=1S/C13H20F2N2O/c1-4-16-9-10-7-11(14)13(12(15)8-10)17(2)5-6-18-3/h7-8,16H,4-6,9H2,1-3H3. The summed E-state index contributed by atoms with van der Waals surface area (Å²) in [5.74, 6) is -1.08. The number of anilines is 1. The highest BCUT2D eigenvalue weighted by Crippen LogP contribution is 2.23. The van der Waals surface area contributed by atoms with E-state index < -0.39 is 11.6 Å². The third-order valence-corrected chi connectivity index (χ3v) is 2.67. The summed E-state index contributed by atoms with van der Waals surface area (Å²) in [6.07, 6.45) is 0. The van der Waals surface area contributed by atoms with Crippen molar-refractivity contribution in [2.24, 2.45) is 0 Å². The molecule has 0 saturated carbocycles. The second-order valence-corrected chi connectivity index (χ2v) is 4.10. The van der Waals surface area contributed by atoms with E-state index in [2.05, 4.69) is 5.32 Å². The molecule has 0 fully saturated rings. The van der Waals surface area contributed by atoms with Crippen LogP contribution in [0.25, 0.3) is 0 Å². The van der Waals surface area contributed by atoms with Crippen LogP contribution in [0.1, 0.15) is 12.5 Å². The van der Waals surface area contributed by atoms with Gasteiger partial charge in [0.1, 0.15) is 17.3 Å². The van der Waals surface area contributed by atoms with E-state index in [1.807, 2.05) is 6.92 Å². The largest absolute Gasteiger partial charge is 0.383 e. The van der Waals surface area contributed by atoms with Crippen molar-refractivity contribution in [3.8, 4) is 0 Å². The monoisotopic (exact) mass is 258 g/mol. The van der Waals surface area contributed by atoms with Crippen LogP contribution in [0.2, 0.25) is 0 Å². The molecule has 102 valence electrons. The van der Waals surface area contributed by atoms with E-state index in [1.165, 1.54) is 17.0 Å². The summed E-state index contributed by atoms with van der Waals surface area (Å²) in [5.41, 5.74) is 0.600. The van der Waals surface area contributed by atoms with E-state index in [1.54, 1.807) is 14.2 Å². The maximum absolute atomic E-state index is 13.9. The van der Waals surface area contributed by atoms with Crippen LogP contribution in [0.3, 0.4) is 0 Å². The molecule has 1 aromatic rings. The second-order valence-electron chi connectivity index (χ2n) is 4.10. The van der Waals surface area contributed by atoms with Crippen LogP contribution in [-0.2, 0) is 11.3 Å². The molecule has 0 aromatic heterocycles. The number of likely N-dealkylation sites (N-methyl/N-ethyl adjacent to an activating group) is 1. The molecule has 0 amide bonds. The molecular weight excluding hydrogens is 238 g/mol. The Balaban J connectivity index is 2.86. The maximum atomic E-state index is 13.9. The number of ether oxygens (including phenoxy) is 1. The highest BCUT2D eigenvalue weighted by Gasteiger charge is 2.14. The van der Waals surface area contributed by atoms with Crippen LogP contribution >= 0.6 is 0 Å². The average molecular weight is 258 g/mol. The summed E-state index contributed by atoms with van der Waals surface area (Å²) in [7, 11) is 3.20. The molecule has 1 N–H and O–H groups in total. The molecule has 0 atom stereocenters. The summed E-state index contributed by atoms with van der Waals surface area (Å²) in [6, 6.07) is 2.73. The second kappa shape index (κ2) is 7.28. The van der Waals surface area contributed by atoms with Gasteiger partial charge in [-0.2, -0.15) is 0 Å². The minimum atomic E-state index is -0.540. The van der Waals surface area contributed by atoms with Crippen molar-refractivity contribution >= 4 is 5.69 Å². The van der Waals surface area contributed by atoms with E-state index in [9.17, 15) is 8.78 Å². The number of nitrogens with zero attached hydrogens (tertiary/aromatic N) is 1. The number of methoxy groups -OCH3 is 1. The lowest BCUT2D eigenvalue weighted by atomic mass is 10.1. The molecule has 0 saturated heterocycles. The molecule has 0 unspecified atom stereocenters. The molecule has 0 aliphatic rings. The van der Waals surface area contributed by atoms with Gasteiger partial charge in [0.05, 0.1) is 6.61 Å². The molecule has 0 aliphatic carbocycles. The van der Waals surface area contributed by atoms with E-state index in [-0.39, 0.29) is 5.69 Å². The van der Waals surface area contributed by atoms with Crippen molar-refractivity contribution in [2.45, 2.75) is 13.5 Å². The highest BCUT2D eigenvalue weighted by molar-refractivity contribution is 5.50. The minimum absolute atomic E-state index is 0.00713. The molecule has 3 nitrogen and oxygen atoms in total. The zero-order valence-electron chi connectivity index (χ0n) is 11.1. The smallest absolute Gasteiger partial charge is 0.149 e. The predicted octanol–water partition coefficient (Wildman–Crippen LogP) is 2.16. The maximum Gasteiger partial charge on any atom is 0.149 e. The lowest BCUT2D eigenvalue weighted by molar-refractivity contribution is 0.206. The Morgan fingerprint density at radius 3 is 2.39 bits per heavy atom. The first-order valence-corrected chi connectivity index (χ1v) is 5.98. The molecule has 18 heavy (non-hydrogen) atoms. The fourth-order valence-electron chi connectivity index (χ4n) is 1.69. The quantitative estimate of drug-likeness (QED) is 0.811. The Hall–Kier alpha value is -1.20. The summed E-state index contributed by atoms with van der Waals surface area (Å²) < 4.78 is 32.6. The summed E-state index contributed by atoms with van der Waals surface area (Å²) in [5, 5.41) is 3.04. The van der Waals surface area contributed by atoms with E-state index in [4.69, 9.17) is 4.74 Å². The normalized spacial score (nSPS) is 10.7. The third-order valence-electron chi connectivity index (χ3n) is 2.67. The van der Waals surface area contributed by atoms with E-state index in [0.717, 1.165) is 6.54 Å². The van der Waals surface area contributed by atoms with Gasteiger partial charge in [0.2, 0.25) is 0 Å². The summed E-state index contributed by atoms with van der Waals surface area (Å²) in [6.45, 7) is 4.04. The fraction of sp³-hybridized carbons (Fsp3) is 0.538. The van der Waals surface area contributed by atoms with Gasteiger partial charge in [-0.1, -0.05) is 6.92 Å². The molecular formula is C13H20F2N2O. The molecule has 5 heteroatoms. The van der Waals surface area contributed by atoms with Gasteiger partial charge in [-0.15, -0.1) is 0 Å². The predicted molar refractivity (Wildman–Crippen MR) is 68.9 cm³/mol. The van der Waals surface area contributed by atoms with Crippen molar-refractivity contribution < 1.29 is 13.5 Å². The number of nitrogens with one attached hydrogen (secondary N) is 1. The van der Waals surface area contributed by atoms with Crippen LogP contribution in [-0.4, -0.2) is 33.9 Å². The highest BCUT2D eigenvalue weighted by atomic mass is 19.1. The van der Waals surface area contributed by atoms with E-state index in [0.29, 0.717) is 25.3 Å². The molecule has 0 heterocycles. The SMILES string of the molecule is CCNCc1cc(F)c(N(C)CCOC)c(F)c1. The number of rotatable bonds is 7. The molecule has 0 bridgehead atoms. The number of hydrogen-bond donors (Lipinski definition) is 1. The van der Waals surface area contributed by atoms with Crippen molar-refractivity contribution in [3.63, 3.8) is 0 Å². The van der Waals surface area contributed by atoms with Crippen LogP contribution in [0, 0.1) is 11.6 Å². The third kappa shape index (κ3) is 3.92. The molecule has 0 radical (unpaired) electrons. The minimum Gasteiger partial charge on any atom is -0.383 e. The van der Waals surface area contributed by atoms with Gasteiger partial charge in [-0.25, -0.2) is 8.78 Å². The fourth-order valence-corrected chi connectivity index (χ4v) is 1.69. The Kier molecular flexibility index (Phi) is 6.01. The average Bonchev–Trinajstić information content (AvgIpc) is 2.33. The van der Waals surface area contributed by atoms with Crippen molar-refractivity contribution in [3.05, 3.63) is 29.3 Å². The van der Waals surface area contributed by atoms with Gasteiger partial charge in [0.15, 0.2) is 0 Å². The molecule has 0 aliphatic heterocycles. The summed E-state index contributed by atoms with van der Waals surface area (Å²) >= 11 is 0. The van der Waals surface area contributed by atoms with Crippen LogP contribution in [0.5, 0.6) is 0 Å².